The molecule has 0 saturated heterocycles. The summed E-state index contributed by atoms with van der Waals surface area (Å²) in [4.78, 5) is 26.1. The zero-order chi connectivity index (χ0) is 21.6. The maximum Gasteiger partial charge on any atom is 0.340 e. The lowest BCUT2D eigenvalue weighted by Crippen LogP contribution is -2.35. The van der Waals surface area contributed by atoms with Gasteiger partial charge in [0.15, 0.2) is 17.3 Å². The molecule has 0 bridgehead atoms. The lowest BCUT2D eigenvalue weighted by Gasteiger charge is -2.38. The smallest absolute Gasteiger partial charge is 0.340 e. The van der Waals surface area contributed by atoms with Gasteiger partial charge in [0.2, 0.25) is 12.7 Å². The molecule has 2 heterocycles. The fourth-order valence-corrected chi connectivity index (χ4v) is 4.24. The second kappa shape index (κ2) is 7.27. The molecule has 8 nitrogen and oxygen atoms in total. The first-order valence-corrected chi connectivity index (χ1v) is 9.84. The highest BCUT2D eigenvalue weighted by Crippen LogP contribution is 2.52. The molecule has 2 N–H and O–H groups in total. The summed E-state index contributed by atoms with van der Waals surface area (Å²) in [5.41, 5.74) is 6.98. The van der Waals surface area contributed by atoms with Gasteiger partial charge in [0, 0.05) is 30.0 Å². The number of methoxy groups -OCH3 is 1. The van der Waals surface area contributed by atoms with Crippen molar-refractivity contribution in [2.45, 2.75) is 39.5 Å². The van der Waals surface area contributed by atoms with Crippen LogP contribution in [0, 0.1) is 5.41 Å². The first kappa shape index (κ1) is 20.1. The summed E-state index contributed by atoms with van der Waals surface area (Å²) >= 11 is 0. The van der Waals surface area contributed by atoms with E-state index in [0.717, 1.165) is 0 Å². The topological polar surface area (TPSA) is 106 Å². The number of ketones is 1. The minimum atomic E-state index is -0.791. The number of benzene rings is 1. The Morgan fingerprint density at radius 1 is 1.23 bits per heavy atom. The van der Waals surface area contributed by atoms with Crippen molar-refractivity contribution in [3.63, 3.8) is 0 Å². The van der Waals surface area contributed by atoms with Gasteiger partial charge in [0.1, 0.15) is 17.1 Å². The minimum Gasteiger partial charge on any atom is -0.496 e. The van der Waals surface area contributed by atoms with Crippen LogP contribution in [0.3, 0.4) is 0 Å². The third-order valence-electron chi connectivity index (χ3n) is 5.49. The molecular weight excluding hydrogens is 390 g/mol. The van der Waals surface area contributed by atoms with Crippen molar-refractivity contribution in [1.29, 1.82) is 0 Å². The van der Waals surface area contributed by atoms with Crippen LogP contribution in [0.4, 0.5) is 0 Å². The van der Waals surface area contributed by atoms with Crippen molar-refractivity contribution < 1.29 is 33.3 Å². The summed E-state index contributed by atoms with van der Waals surface area (Å²) in [5, 5.41) is 0. The van der Waals surface area contributed by atoms with E-state index in [-0.39, 0.29) is 36.1 Å². The maximum atomic E-state index is 13.2. The highest BCUT2D eigenvalue weighted by Gasteiger charge is 2.46. The summed E-state index contributed by atoms with van der Waals surface area (Å²) < 4.78 is 27.6. The molecule has 1 aliphatic carbocycles. The highest BCUT2D eigenvalue weighted by atomic mass is 16.7. The van der Waals surface area contributed by atoms with Gasteiger partial charge < -0.3 is 29.4 Å². The molecule has 0 fully saturated rings. The van der Waals surface area contributed by atoms with Crippen LogP contribution < -0.4 is 19.9 Å². The molecule has 0 amide bonds. The molecule has 8 heteroatoms. The Kier molecular flexibility index (Phi) is 4.88. The number of Topliss-reactive ketones (excluding diaryl/α,β-unsaturated/α-hetero) is 1. The molecule has 0 radical (unpaired) electrons. The summed E-state index contributed by atoms with van der Waals surface area (Å²) in [7, 11) is 1.51. The quantitative estimate of drug-likeness (QED) is 0.748. The zero-order valence-electron chi connectivity index (χ0n) is 17.5. The molecule has 160 valence electrons. The summed E-state index contributed by atoms with van der Waals surface area (Å²) in [5.74, 6) is 0.372. The van der Waals surface area contributed by atoms with Crippen LogP contribution in [0.5, 0.6) is 17.2 Å². The molecular formula is C22H25NO7. The van der Waals surface area contributed by atoms with Crippen molar-refractivity contribution in [2.75, 3.05) is 20.5 Å². The number of hydrogen-bond donors (Lipinski definition) is 1. The fraction of sp³-hybridized carbons (Fsp3) is 0.455. The van der Waals surface area contributed by atoms with Crippen molar-refractivity contribution >= 4 is 11.8 Å². The van der Waals surface area contributed by atoms with Crippen molar-refractivity contribution in [3.8, 4) is 17.2 Å². The maximum absolute atomic E-state index is 13.2. The summed E-state index contributed by atoms with van der Waals surface area (Å²) in [6, 6.07) is 3.41. The largest absolute Gasteiger partial charge is 0.496 e. The van der Waals surface area contributed by atoms with E-state index < -0.39 is 11.9 Å². The standard InChI is InChI=1S/C22H25NO7/c1-5-27-21(25)19-17(11-6-14-15(29-10-28-14)7-13(11)26-4)18-12(24)8-22(2,3)9-16(18)30-20(19)23/h6-7,17H,5,8-10,23H2,1-4H3. The lowest BCUT2D eigenvalue weighted by atomic mass is 9.70. The lowest BCUT2D eigenvalue weighted by molar-refractivity contribution is -0.139. The molecule has 0 saturated carbocycles. The molecule has 1 aromatic rings. The Morgan fingerprint density at radius 3 is 2.60 bits per heavy atom. The van der Waals surface area contributed by atoms with E-state index in [2.05, 4.69) is 0 Å². The van der Waals surface area contributed by atoms with Crippen molar-refractivity contribution in [2.24, 2.45) is 11.1 Å². The molecule has 3 aliphatic rings. The van der Waals surface area contributed by atoms with Crippen LogP contribution in [0.2, 0.25) is 0 Å². The number of fused-ring (bicyclic) bond motifs is 1. The van der Waals surface area contributed by atoms with E-state index in [4.69, 9.17) is 29.4 Å². The van der Waals surface area contributed by atoms with Gasteiger partial charge in [-0.3, -0.25) is 4.79 Å². The highest BCUT2D eigenvalue weighted by molar-refractivity contribution is 6.04. The number of nitrogens with two attached hydrogens (primary N) is 1. The van der Waals surface area contributed by atoms with Gasteiger partial charge in [-0.05, 0) is 18.4 Å². The van der Waals surface area contributed by atoms with E-state index in [9.17, 15) is 9.59 Å². The average molecular weight is 415 g/mol. The third kappa shape index (κ3) is 3.26. The van der Waals surface area contributed by atoms with Crippen LogP contribution in [0.15, 0.2) is 34.9 Å². The van der Waals surface area contributed by atoms with E-state index in [1.165, 1.54) is 7.11 Å². The number of allylic oxidation sites excluding steroid dienone is 2. The van der Waals surface area contributed by atoms with E-state index in [1.807, 2.05) is 13.8 Å². The molecule has 1 aromatic carbocycles. The van der Waals surface area contributed by atoms with Gasteiger partial charge in [0.25, 0.3) is 0 Å². The van der Waals surface area contributed by atoms with Gasteiger partial charge in [-0.1, -0.05) is 13.8 Å². The van der Waals surface area contributed by atoms with E-state index in [0.29, 0.717) is 47.0 Å². The number of hydrogen-bond acceptors (Lipinski definition) is 8. The first-order valence-electron chi connectivity index (χ1n) is 9.84. The van der Waals surface area contributed by atoms with Gasteiger partial charge in [0.05, 0.1) is 19.6 Å². The predicted octanol–water partition coefficient (Wildman–Crippen LogP) is 2.91. The zero-order valence-corrected chi connectivity index (χ0v) is 17.5. The number of carbonyl (C=O) groups is 2. The fourth-order valence-electron chi connectivity index (χ4n) is 4.24. The average Bonchev–Trinajstić information content (AvgIpc) is 3.12. The predicted molar refractivity (Wildman–Crippen MR) is 106 cm³/mol. The van der Waals surface area contributed by atoms with Crippen LogP contribution in [-0.4, -0.2) is 32.3 Å². The van der Waals surface area contributed by atoms with Crippen molar-refractivity contribution in [1.82, 2.24) is 0 Å². The Hall–Kier alpha value is -3.16. The normalized spacial score (nSPS) is 21.9. The number of carbonyl (C=O) groups excluding carboxylic acids is 2. The third-order valence-corrected chi connectivity index (χ3v) is 5.49. The number of esters is 1. The van der Waals surface area contributed by atoms with E-state index in [1.54, 1.807) is 19.1 Å². The van der Waals surface area contributed by atoms with Gasteiger partial charge in [-0.15, -0.1) is 0 Å². The van der Waals surface area contributed by atoms with Crippen LogP contribution >= 0.6 is 0 Å². The number of rotatable bonds is 4. The minimum absolute atomic E-state index is 0.0672. The van der Waals surface area contributed by atoms with Crippen LogP contribution in [-0.2, 0) is 19.1 Å². The van der Waals surface area contributed by atoms with Gasteiger partial charge in [-0.2, -0.15) is 0 Å². The second-order valence-electron chi connectivity index (χ2n) is 8.26. The molecule has 0 aromatic heterocycles. The Morgan fingerprint density at radius 2 is 1.93 bits per heavy atom. The summed E-state index contributed by atoms with van der Waals surface area (Å²) in [6.45, 7) is 5.93. The van der Waals surface area contributed by atoms with Gasteiger partial charge >= 0.3 is 5.97 Å². The first-order chi connectivity index (χ1) is 14.3. The van der Waals surface area contributed by atoms with E-state index >= 15 is 0 Å². The molecule has 30 heavy (non-hydrogen) atoms. The van der Waals surface area contributed by atoms with Crippen LogP contribution in [0.1, 0.15) is 45.1 Å². The monoisotopic (exact) mass is 415 g/mol. The number of ether oxygens (including phenoxy) is 5. The Balaban J connectivity index is 1.94. The molecule has 4 rings (SSSR count). The molecule has 1 unspecified atom stereocenters. The molecule has 1 atom stereocenters. The SMILES string of the molecule is CCOC(=O)C1=C(N)OC2=C(C(=O)CC(C)(C)C2)C1c1cc2c(cc1OC)OCO2. The summed E-state index contributed by atoms with van der Waals surface area (Å²) in [6.07, 6.45) is 0.850. The molecule has 0 spiro atoms. The second-order valence-corrected chi connectivity index (χ2v) is 8.26. The molecule has 2 aliphatic heterocycles. The van der Waals surface area contributed by atoms with Crippen molar-refractivity contribution in [3.05, 3.63) is 40.5 Å². The Labute approximate surface area is 174 Å². The van der Waals surface area contributed by atoms with Crippen LogP contribution in [0.25, 0.3) is 0 Å². The Bertz CT molecular complexity index is 989. The van der Waals surface area contributed by atoms with Gasteiger partial charge in [-0.25, -0.2) is 4.79 Å².